The van der Waals surface area contributed by atoms with Crippen LogP contribution < -0.4 is 0 Å². The Morgan fingerprint density at radius 2 is 1.30 bits per heavy atom. The molecule has 10 aliphatic rings. The fourth-order valence-electron chi connectivity index (χ4n) is 15.5. The first-order chi connectivity index (χ1) is 33.6. The topological polar surface area (TPSA) is 309 Å². The number of aliphatic hydroxyl groups excluding tert-OH is 10. The van der Waals surface area contributed by atoms with Gasteiger partial charge in [0.05, 0.1) is 37.6 Å². The maximum atomic E-state index is 11.3. The zero-order valence-electron chi connectivity index (χ0n) is 41.7. The number of hydrogen-bond acceptors (Lipinski definition) is 21. The summed E-state index contributed by atoms with van der Waals surface area (Å²) in [5, 5.41) is 121. The molecule has 0 aromatic rings. The minimum Gasteiger partial charge on any atom is -0.394 e. The molecule has 0 bridgehead atoms. The van der Waals surface area contributed by atoms with E-state index in [1.807, 2.05) is 0 Å². The molecule has 4 aliphatic carbocycles. The molecule has 21 heteroatoms. The predicted molar refractivity (Wildman–Crippen MR) is 242 cm³/mol. The van der Waals surface area contributed by atoms with Crippen LogP contribution in [0.2, 0.25) is 0 Å². The SMILES string of the molecule is C[C@@H]1CC[C@]2(O[C@H]3C[C@H]4[C@@H]5CC=C6C[C@@H](O[C@@H]7O[C@H](CO)[C@@H](O[C@@H]8O[C@@H](C)[C@H](O)[C@@H](O)[C@H]8O)[C@H](O[C@@H]8OC[C@H](O)[C@H](O)[C@H]8O)[C@H]7O[C@@H]7O[C@@H](C)[C@H](O)[C@@H](O)[C@H]7O)CC[C@]6(C)[C@H]5CC[C@]4(C)[C@H]3[C@@H]2C)N(O)C1. The molecule has 10 rings (SSSR count). The summed E-state index contributed by atoms with van der Waals surface area (Å²) in [6, 6.07) is 0. The number of ether oxygens (including phenoxy) is 9. The van der Waals surface area contributed by atoms with E-state index >= 15 is 0 Å². The Morgan fingerprint density at radius 3 is 1.94 bits per heavy atom. The van der Waals surface area contributed by atoms with Gasteiger partial charge in [-0.2, -0.15) is 5.06 Å². The summed E-state index contributed by atoms with van der Waals surface area (Å²) in [6.45, 7) is 11.7. The quantitative estimate of drug-likeness (QED) is 0.128. The van der Waals surface area contributed by atoms with E-state index in [-0.39, 0.29) is 22.9 Å². The second-order valence-electron chi connectivity index (χ2n) is 23.7. The summed E-state index contributed by atoms with van der Waals surface area (Å²) in [6.07, 6.45) is -19.8. The largest absolute Gasteiger partial charge is 0.394 e. The van der Waals surface area contributed by atoms with Crippen LogP contribution >= 0.6 is 0 Å². The monoisotopic (exact) mass is 1020 g/mol. The lowest BCUT2D eigenvalue weighted by Gasteiger charge is -2.59. The van der Waals surface area contributed by atoms with Gasteiger partial charge in [-0.3, -0.25) is 0 Å². The van der Waals surface area contributed by atoms with E-state index in [4.69, 9.17) is 42.6 Å². The molecule has 71 heavy (non-hydrogen) atoms. The van der Waals surface area contributed by atoms with Gasteiger partial charge in [0.1, 0.15) is 85.1 Å². The normalized spacial score (nSPS) is 57.6. The van der Waals surface area contributed by atoms with Crippen LogP contribution in [0.15, 0.2) is 11.6 Å². The predicted octanol–water partition coefficient (Wildman–Crippen LogP) is -0.620. The lowest BCUT2D eigenvalue weighted by atomic mass is 9.47. The van der Waals surface area contributed by atoms with Crippen molar-refractivity contribution < 1.29 is 98.9 Å². The van der Waals surface area contributed by atoms with Crippen molar-refractivity contribution in [1.82, 2.24) is 5.06 Å². The van der Waals surface area contributed by atoms with Crippen molar-refractivity contribution >= 4 is 0 Å². The second kappa shape index (κ2) is 20.0. The van der Waals surface area contributed by atoms with Crippen molar-refractivity contribution in [2.75, 3.05) is 19.8 Å². The first-order valence-electron chi connectivity index (χ1n) is 26.4. The van der Waals surface area contributed by atoms with Crippen LogP contribution in [-0.2, 0) is 42.6 Å². The van der Waals surface area contributed by atoms with Crippen LogP contribution in [0.5, 0.6) is 0 Å². The molecular formula is C50H81NO20. The van der Waals surface area contributed by atoms with Crippen molar-refractivity contribution in [3.8, 4) is 0 Å². The minimum atomic E-state index is -1.84. The molecule has 0 aromatic heterocycles. The third kappa shape index (κ3) is 8.92. The molecule has 6 aliphatic heterocycles. The van der Waals surface area contributed by atoms with Gasteiger partial charge >= 0.3 is 0 Å². The van der Waals surface area contributed by atoms with Crippen LogP contribution in [0.1, 0.15) is 99.3 Å². The molecule has 11 N–H and O–H groups in total. The van der Waals surface area contributed by atoms with Gasteiger partial charge in [0.2, 0.25) is 0 Å². The summed E-state index contributed by atoms with van der Waals surface area (Å²) in [4.78, 5) is 0. The Bertz CT molecular complexity index is 1900. The highest BCUT2D eigenvalue weighted by molar-refractivity contribution is 5.27. The van der Waals surface area contributed by atoms with Crippen molar-refractivity contribution in [2.24, 2.45) is 46.3 Å². The smallest absolute Gasteiger partial charge is 0.187 e. The van der Waals surface area contributed by atoms with Crippen molar-refractivity contribution in [3.05, 3.63) is 11.6 Å². The van der Waals surface area contributed by atoms with Crippen molar-refractivity contribution in [3.63, 3.8) is 0 Å². The number of aliphatic hydroxyl groups is 10. The first kappa shape index (κ1) is 53.3. The van der Waals surface area contributed by atoms with E-state index in [1.165, 1.54) is 24.5 Å². The summed E-state index contributed by atoms with van der Waals surface area (Å²) in [5.41, 5.74) is 0.606. The molecule has 0 unspecified atom stereocenters. The maximum Gasteiger partial charge on any atom is 0.187 e. The van der Waals surface area contributed by atoms with Crippen LogP contribution in [0.25, 0.3) is 0 Å². The molecule has 0 aromatic carbocycles. The molecule has 6 heterocycles. The van der Waals surface area contributed by atoms with Crippen LogP contribution in [0.4, 0.5) is 0 Å². The molecule has 6 saturated heterocycles. The Kier molecular flexibility index (Phi) is 15.0. The summed E-state index contributed by atoms with van der Waals surface area (Å²) < 4.78 is 57.0. The minimum absolute atomic E-state index is 0.0795. The molecule has 30 atom stereocenters. The average Bonchev–Trinajstić information content (AvgIpc) is 3.80. The van der Waals surface area contributed by atoms with Crippen molar-refractivity contribution in [1.29, 1.82) is 0 Å². The van der Waals surface area contributed by atoms with Gasteiger partial charge < -0.3 is 98.9 Å². The fourth-order valence-corrected chi connectivity index (χ4v) is 15.5. The summed E-state index contributed by atoms with van der Waals surface area (Å²) in [7, 11) is 0. The van der Waals surface area contributed by atoms with E-state index in [9.17, 15) is 56.3 Å². The standard InChI is InChI=1S/C50H81NO20/c1-20-9-14-50(51(62)17-20)21(2)32-30(71-50)16-28-26-8-7-24-15-25(10-12-48(24,5)27(26)11-13-49(28,32)6)66-47-43(70-46-40(61)37(58)34(55)23(4)65-46)42(69-44-38(59)35(56)29(53)19-63-44)41(31(18-52)67-47)68-45-39(60)36(57)33(54)22(3)64-45/h7,20-23,25-47,52-62H,8-19H2,1-6H3/t20-,21+,22+,23+,25+,26-,27+,28+,29+,30+,31-,32+,33+,34+,35+,36-,37-,38-,39-,40-,41-,42+,43-,44+,45+,46+,47-,48+,49+,50-/m1/s1. The molecule has 3 saturated carbocycles. The van der Waals surface area contributed by atoms with Crippen LogP contribution in [0, 0.1) is 46.3 Å². The molecule has 21 nitrogen and oxygen atoms in total. The molecule has 406 valence electrons. The number of fused-ring (bicyclic) bond motifs is 7. The molecule has 0 amide bonds. The highest BCUT2D eigenvalue weighted by Crippen LogP contribution is 2.71. The van der Waals surface area contributed by atoms with Crippen LogP contribution in [-0.4, -0.2) is 216 Å². The van der Waals surface area contributed by atoms with E-state index in [2.05, 4.69) is 33.8 Å². The molecule has 1 spiro atoms. The van der Waals surface area contributed by atoms with E-state index in [0.717, 1.165) is 44.9 Å². The van der Waals surface area contributed by atoms with E-state index < -0.39 is 142 Å². The second-order valence-corrected chi connectivity index (χ2v) is 23.7. The highest BCUT2D eigenvalue weighted by atomic mass is 16.8. The molecule has 0 radical (unpaired) electrons. The fraction of sp³-hybridized carbons (Fsp3) is 0.960. The van der Waals surface area contributed by atoms with Gasteiger partial charge in [0, 0.05) is 12.5 Å². The van der Waals surface area contributed by atoms with Crippen LogP contribution in [0.3, 0.4) is 0 Å². The zero-order valence-corrected chi connectivity index (χ0v) is 41.7. The Morgan fingerprint density at radius 1 is 0.662 bits per heavy atom. The first-order valence-corrected chi connectivity index (χ1v) is 26.4. The maximum absolute atomic E-state index is 11.3. The van der Waals surface area contributed by atoms with Gasteiger partial charge in [-0.25, -0.2) is 0 Å². The summed E-state index contributed by atoms with van der Waals surface area (Å²) >= 11 is 0. The lowest BCUT2D eigenvalue weighted by Crippen LogP contribution is -2.68. The highest BCUT2D eigenvalue weighted by Gasteiger charge is 2.70. The summed E-state index contributed by atoms with van der Waals surface area (Å²) in [5.74, 6) is 2.33. The lowest BCUT2D eigenvalue weighted by molar-refractivity contribution is -0.407. The zero-order chi connectivity index (χ0) is 50.8. The third-order valence-corrected chi connectivity index (χ3v) is 19.7. The number of piperidine rings is 1. The molecule has 9 fully saturated rings. The average molecular weight is 1020 g/mol. The Labute approximate surface area is 414 Å². The Hall–Kier alpha value is -1.10. The number of nitrogens with zero attached hydrogens (tertiary/aromatic N) is 1. The van der Waals surface area contributed by atoms with Gasteiger partial charge in [-0.05, 0) is 112 Å². The molecular weight excluding hydrogens is 935 g/mol. The van der Waals surface area contributed by atoms with Gasteiger partial charge in [-0.1, -0.05) is 39.3 Å². The van der Waals surface area contributed by atoms with Gasteiger partial charge in [0.25, 0.3) is 0 Å². The van der Waals surface area contributed by atoms with E-state index in [0.29, 0.717) is 49.0 Å². The van der Waals surface area contributed by atoms with Gasteiger partial charge in [-0.15, -0.1) is 0 Å². The number of allylic oxidation sites excluding steroid dienone is 1. The van der Waals surface area contributed by atoms with Crippen molar-refractivity contribution in [2.45, 2.75) is 234 Å². The van der Waals surface area contributed by atoms with Gasteiger partial charge in [0.15, 0.2) is 25.2 Å². The number of hydrogen-bond donors (Lipinski definition) is 11. The number of hydroxylamine groups is 2. The number of rotatable bonds is 9. The Balaban J connectivity index is 0.920. The third-order valence-electron chi connectivity index (χ3n) is 19.7. The van der Waals surface area contributed by atoms with E-state index in [1.54, 1.807) is 0 Å².